The molecule has 0 spiro atoms. The van der Waals surface area contributed by atoms with Gasteiger partial charge in [0.1, 0.15) is 11.3 Å². The lowest BCUT2D eigenvalue weighted by molar-refractivity contribution is 0.515. The quantitative estimate of drug-likeness (QED) is 0.707. The summed E-state index contributed by atoms with van der Waals surface area (Å²) in [6, 6.07) is 12.5. The molecule has 0 unspecified atom stereocenters. The molecule has 108 valence electrons. The standard InChI is InChI=1S/C18H21N3/c1-13-8-5-6-9-14(13)12-21-16-15(10-7-11-19-16)20-17(21)18(2,3)4/h5-11H,12H2,1-4H3. The molecule has 0 aliphatic heterocycles. The third-order valence-electron chi connectivity index (χ3n) is 3.76. The van der Waals surface area contributed by atoms with Crippen LogP contribution in [0.3, 0.4) is 0 Å². The Balaban J connectivity index is 2.18. The van der Waals surface area contributed by atoms with Crippen LogP contribution < -0.4 is 0 Å². The van der Waals surface area contributed by atoms with Crippen LogP contribution in [-0.2, 0) is 12.0 Å². The summed E-state index contributed by atoms with van der Waals surface area (Å²) in [5.41, 5.74) is 4.54. The van der Waals surface area contributed by atoms with Crippen LogP contribution in [0.2, 0.25) is 0 Å². The molecule has 3 aromatic rings. The highest BCUT2D eigenvalue weighted by molar-refractivity contribution is 5.71. The van der Waals surface area contributed by atoms with Crippen molar-refractivity contribution in [3.8, 4) is 0 Å². The first-order valence-electron chi connectivity index (χ1n) is 7.33. The van der Waals surface area contributed by atoms with Gasteiger partial charge in [-0.25, -0.2) is 9.97 Å². The average molecular weight is 279 g/mol. The summed E-state index contributed by atoms with van der Waals surface area (Å²) in [4.78, 5) is 9.35. The summed E-state index contributed by atoms with van der Waals surface area (Å²) < 4.78 is 2.25. The van der Waals surface area contributed by atoms with Gasteiger partial charge < -0.3 is 4.57 Å². The van der Waals surface area contributed by atoms with Crippen LogP contribution in [0.1, 0.15) is 37.7 Å². The topological polar surface area (TPSA) is 30.7 Å². The van der Waals surface area contributed by atoms with Crippen molar-refractivity contribution in [3.05, 3.63) is 59.5 Å². The zero-order valence-corrected chi connectivity index (χ0v) is 13.1. The maximum Gasteiger partial charge on any atom is 0.160 e. The smallest absolute Gasteiger partial charge is 0.160 e. The van der Waals surface area contributed by atoms with Crippen LogP contribution in [0.25, 0.3) is 11.2 Å². The van der Waals surface area contributed by atoms with Crippen molar-refractivity contribution in [3.63, 3.8) is 0 Å². The molecule has 3 rings (SSSR count). The molecule has 2 heterocycles. The van der Waals surface area contributed by atoms with Gasteiger partial charge in [-0.15, -0.1) is 0 Å². The van der Waals surface area contributed by atoms with Gasteiger partial charge in [0, 0.05) is 11.6 Å². The first kappa shape index (κ1) is 13.8. The van der Waals surface area contributed by atoms with E-state index in [9.17, 15) is 0 Å². The molecule has 3 nitrogen and oxygen atoms in total. The molecule has 2 aromatic heterocycles. The van der Waals surface area contributed by atoms with Crippen molar-refractivity contribution in [1.82, 2.24) is 14.5 Å². The van der Waals surface area contributed by atoms with E-state index in [0.717, 1.165) is 23.5 Å². The van der Waals surface area contributed by atoms with Crippen LogP contribution in [0.5, 0.6) is 0 Å². The maximum atomic E-state index is 4.81. The highest BCUT2D eigenvalue weighted by Crippen LogP contribution is 2.26. The highest BCUT2D eigenvalue weighted by Gasteiger charge is 2.23. The van der Waals surface area contributed by atoms with Gasteiger partial charge in [-0.1, -0.05) is 45.0 Å². The van der Waals surface area contributed by atoms with Gasteiger partial charge in [0.15, 0.2) is 5.65 Å². The number of imidazole rings is 1. The molecular weight excluding hydrogens is 258 g/mol. The van der Waals surface area contributed by atoms with Gasteiger partial charge in [-0.2, -0.15) is 0 Å². The predicted molar refractivity (Wildman–Crippen MR) is 86.5 cm³/mol. The van der Waals surface area contributed by atoms with E-state index in [-0.39, 0.29) is 5.41 Å². The van der Waals surface area contributed by atoms with E-state index in [2.05, 4.69) is 61.5 Å². The number of hydrogen-bond donors (Lipinski definition) is 0. The molecule has 0 amide bonds. The SMILES string of the molecule is Cc1ccccc1Cn1c(C(C)(C)C)nc2cccnc21. The Morgan fingerprint density at radius 2 is 1.81 bits per heavy atom. The number of pyridine rings is 1. The van der Waals surface area contributed by atoms with Gasteiger partial charge >= 0.3 is 0 Å². The Morgan fingerprint density at radius 3 is 2.52 bits per heavy atom. The van der Waals surface area contributed by atoms with Gasteiger partial charge in [0.05, 0.1) is 6.54 Å². The predicted octanol–water partition coefficient (Wildman–Crippen LogP) is 4.09. The fourth-order valence-corrected chi connectivity index (χ4v) is 2.64. The Labute approximate surface area is 125 Å². The summed E-state index contributed by atoms with van der Waals surface area (Å²) in [7, 11) is 0. The highest BCUT2D eigenvalue weighted by atomic mass is 15.1. The fourth-order valence-electron chi connectivity index (χ4n) is 2.64. The van der Waals surface area contributed by atoms with Crippen LogP contribution in [0.4, 0.5) is 0 Å². The minimum absolute atomic E-state index is 0.0105. The van der Waals surface area contributed by atoms with Crippen molar-refractivity contribution >= 4 is 11.2 Å². The molecule has 3 heteroatoms. The second-order valence-electron chi connectivity index (χ2n) is 6.54. The van der Waals surface area contributed by atoms with Gasteiger partial charge in [-0.05, 0) is 30.2 Å². The Hall–Kier alpha value is -2.16. The minimum Gasteiger partial charge on any atom is -0.308 e. The molecule has 0 saturated heterocycles. The van der Waals surface area contributed by atoms with E-state index >= 15 is 0 Å². The van der Waals surface area contributed by atoms with Crippen molar-refractivity contribution in [2.24, 2.45) is 0 Å². The van der Waals surface area contributed by atoms with E-state index in [1.54, 1.807) is 0 Å². The largest absolute Gasteiger partial charge is 0.308 e. The van der Waals surface area contributed by atoms with Crippen molar-refractivity contribution < 1.29 is 0 Å². The van der Waals surface area contributed by atoms with E-state index < -0.39 is 0 Å². The molecule has 0 bridgehead atoms. The number of aromatic nitrogens is 3. The minimum atomic E-state index is -0.0105. The molecule has 0 saturated carbocycles. The molecule has 0 aliphatic rings. The first-order chi connectivity index (χ1) is 9.97. The molecule has 21 heavy (non-hydrogen) atoms. The third kappa shape index (κ3) is 2.56. The zero-order valence-electron chi connectivity index (χ0n) is 13.1. The molecule has 0 fully saturated rings. The van der Waals surface area contributed by atoms with Gasteiger partial charge in [-0.3, -0.25) is 0 Å². The van der Waals surface area contributed by atoms with Gasteiger partial charge in [0.2, 0.25) is 0 Å². The molecule has 1 aromatic carbocycles. The third-order valence-corrected chi connectivity index (χ3v) is 3.76. The molecule has 0 N–H and O–H groups in total. The second-order valence-corrected chi connectivity index (χ2v) is 6.54. The zero-order chi connectivity index (χ0) is 15.0. The van der Waals surface area contributed by atoms with Crippen LogP contribution >= 0.6 is 0 Å². The van der Waals surface area contributed by atoms with E-state index in [1.165, 1.54) is 11.1 Å². The number of benzene rings is 1. The van der Waals surface area contributed by atoms with E-state index in [0.29, 0.717) is 0 Å². The molecule has 0 radical (unpaired) electrons. The lowest BCUT2D eigenvalue weighted by Gasteiger charge is -2.20. The average Bonchev–Trinajstić information content (AvgIpc) is 2.80. The molecule has 0 atom stereocenters. The van der Waals surface area contributed by atoms with Crippen LogP contribution in [0.15, 0.2) is 42.6 Å². The Bertz CT molecular complexity index is 779. The maximum absolute atomic E-state index is 4.81. The number of rotatable bonds is 2. The summed E-state index contributed by atoms with van der Waals surface area (Å²) in [6.07, 6.45) is 1.84. The van der Waals surface area contributed by atoms with Crippen molar-refractivity contribution in [2.75, 3.05) is 0 Å². The van der Waals surface area contributed by atoms with Crippen LogP contribution in [-0.4, -0.2) is 14.5 Å². The second kappa shape index (κ2) is 4.99. The van der Waals surface area contributed by atoms with Gasteiger partial charge in [0.25, 0.3) is 0 Å². The number of hydrogen-bond acceptors (Lipinski definition) is 2. The normalized spacial score (nSPS) is 12.0. The van der Waals surface area contributed by atoms with Crippen LogP contribution in [0, 0.1) is 6.92 Å². The number of nitrogens with zero attached hydrogens (tertiary/aromatic N) is 3. The molecule has 0 aliphatic carbocycles. The summed E-state index contributed by atoms with van der Waals surface area (Å²) >= 11 is 0. The number of aryl methyl sites for hydroxylation is 1. The van der Waals surface area contributed by atoms with E-state index in [1.807, 2.05) is 18.3 Å². The lowest BCUT2D eigenvalue weighted by Crippen LogP contribution is -2.20. The fraction of sp³-hybridized carbons (Fsp3) is 0.333. The summed E-state index contributed by atoms with van der Waals surface area (Å²) in [5, 5.41) is 0. The monoisotopic (exact) mass is 279 g/mol. The van der Waals surface area contributed by atoms with Crippen molar-refractivity contribution in [1.29, 1.82) is 0 Å². The first-order valence-corrected chi connectivity index (χ1v) is 7.33. The van der Waals surface area contributed by atoms with Crippen molar-refractivity contribution in [2.45, 2.75) is 39.7 Å². The van der Waals surface area contributed by atoms with E-state index in [4.69, 9.17) is 4.98 Å². The molecular formula is C18H21N3. The summed E-state index contributed by atoms with van der Waals surface area (Å²) in [5.74, 6) is 1.08. The number of fused-ring (bicyclic) bond motifs is 1. The lowest BCUT2D eigenvalue weighted by atomic mass is 9.95. The summed E-state index contributed by atoms with van der Waals surface area (Å²) in [6.45, 7) is 9.55. The Kier molecular flexibility index (Phi) is 3.28. The Morgan fingerprint density at radius 1 is 1.05 bits per heavy atom.